The zero-order valence-corrected chi connectivity index (χ0v) is 19.1. The number of amides is 2. The molecule has 0 saturated heterocycles. The van der Waals surface area contributed by atoms with Crippen LogP contribution in [0.15, 0.2) is 30.5 Å². The van der Waals surface area contributed by atoms with Crippen LogP contribution in [0.3, 0.4) is 0 Å². The molecule has 1 aliphatic rings. The molecule has 1 fully saturated rings. The Kier molecular flexibility index (Phi) is 7.53. The van der Waals surface area contributed by atoms with Crippen molar-refractivity contribution in [3.63, 3.8) is 0 Å². The summed E-state index contributed by atoms with van der Waals surface area (Å²) in [6.45, 7) is 6.49. The number of alkyl halides is 2. The smallest absolute Gasteiger partial charge is 0.302 e. The molecule has 1 saturated carbocycles. The molecule has 0 aliphatic heterocycles. The minimum Gasteiger partial charge on any atom is -0.469 e. The fourth-order valence-electron chi connectivity index (χ4n) is 3.04. The molecular formula is C23H26F3N5O3. The first-order valence-corrected chi connectivity index (χ1v) is 10.8. The van der Waals surface area contributed by atoms with E-state index in [9.17, 15) is 22.8 Å². The van der Waals surface area contributed by atoms with Gasteiger partial charge in [0.15, 0.2) is 12.4 Å². The van der Waals surface area contributed by atoms with Gasteiger partial charge in [-0.2, -0.15) is 8.78 Å². The van der Waals surface area contributed by atoms with Crippen molar-refractivity contribution in [2.24, 2.45) is 5.92 Å². The number of hydrogen-bond acceptors (Lipinski definition) is 6. The minimum atomic E-state index is -3.32. The number of rotatable bonds is 9. The molecule has 11 heteroatoms. The van der Waals surface area contributed by atoms with Gasteiger partial charge in [0.25, 0.3) is 11.8 Å². The highest BCUT2D eigenvalue weighted by molar-refractivity contribution is 5.94. The molecule has 0 radical (unpaired) electrons. The van der Waals surface area contributed by atoms with Crippen molar-refractivity contribution in [2.75, 3.05) is 11.9 Å². The lowest BCUT2D eigenvalue weighted by Gasteiger charge is -2.23. The molecule has 34 heavy (non-hydrogen) atoms. The highest BCUT2D eigenvalue weighted by atomic mass is 19.3. The number of aryl methyl sites for hydroxylation is 1. The van der Waals surface area contributed by atoms with Gasteiger partial charge in [-0.3, -0.25) is 14.9 Å². The molecule has 2 aromatic rings. The summed E-state index contributed by atoms with van der Waals surface area (Å²) >= 11 is 0. The van der Waals surface area contributed by atoms with E-state index in [4.69, 9.17) is 4.74 Å². The van der Waals surface area contributed by atoms with Crippen LogP contribution < -0.4 is 15.4 Å². The van der Waals surface area contributed by atoms with Crippen LogP contribution in [0, 0.1) is 18.7 Å². The predicted molar refractivity (Wildman–Crippen MR) is 118 cm³/mol. The maximum Gasteiger partial charge on any atom is 0.302 e. The van der Waals surface area contributed by atoms with Crippen molar-refractivity contribution < 1.29 is 27.5 Å². The summed E-state index contributed by atoms with van der Waals surface area (Å²) in [5, 5.41) is 5.30. The number of halogens is 3. The molecule has 3 rings (SSSR count). The Hall–Kier alpha value is -3.50. The van der Waals surface area contributed by atoms with E-state index in [1.807, 2.05) is 0 Å². The van der Waals surface area contributed by atoms with E-state index >= 15 is 0 Å². The molecule has 2 heterocycles. The third-order valence-corrected chi connectivity index (χ3v) is 5.49. The van der Waals surface area contributed by atoms with Gasteiger partial charge in [0.05, 0.1) is 6.04 Å². The topological polar surface area (TPSA) is 106 Å². The number of ether oxygens (including phenoxy) is 1. The van der Waals surface area contributed by atoms with E-state index in [0.717, 1.165) is 32.3 Å². The van der Waals surface area contributed by atoms with Crippen LogP contribution >= 0.6 is 0 Å². The lowest BCUT2D eigenvalue weighted by atomic mass is 9.85. The number of anilines is 1. The molecule has 0 aromatic carbocycles. The van der Waals surface area contributed by atoms with Crippen molar-refractivity contribution >= 4 is 17.8 Å². The Morgan fingerprint density at radius 3 is 2.59 bits per heavy atom. The second-order valence-corrected chi connectivity index (χ2v) is 8.36. The Balaban J connectivity index is 1.65. The van der Waals surface area contributed by atoms with Crippen LogP contribution in [0.1, 0.15) is 60.9 Å². The molecule has 182 valence electrons. The summed E-state index contributed by atoms with van der Waals surface area (Å²) < 4.78 is 46.4. The summed E-state index contributed by atoms with van der Waals surface area (Å²) in [6.07, 6.45) is 3.85. The van der Waals surface area contributed by atoms with E-state index in [1.54, 1.807) is 13.8 Å². The number of carbonyl (C=O) groups excluding carboxylic acids is 2. The molecule has 1 unspecified atom stereocenters. The monoisotopic (exact) mass is 477 g/mol. The minimum absolute atomic E-state index is 0.0265. The van der Waals surface area contributed by atoms with Gasteiger partial charge in [-0.25, -0.2) is 19.3 Å². The van der Waals surface area contributed by atoms with Crippen molar-refractivity contribution in [2.45, 2.75) is 52.0 Å². The van der Waals surface area contributed by atoms with Crippen molar-refractivity contribution in [1.29, 1.82) is 0 Å². The Morgan fingerprint density at radius 1 is 1.29 bits per heavy atom. The summed E-state index contributed by atoms with van der Waals surface area (Å²) in [5.74, 6) is -5.63. The zero-order valence-electron chi connectivity index (χ0n) is 19.1. The fourth-order valence-corrected chi connectivity index (χ4v) is 3.04. The number of nitrogens with zero attached hydrogens (tertiary/aromatic N) is 3. The SMILES string of the molecule is C=C(C)C(F)(F)COc1ncc(C(C)NC(=O)c2cc(C)nc(NC(=O)C3CCC3)n2)cc1F. The third-order valence-electron chi connectivity index (χ3n) is 5.49. The number of hydrogen-bond donors (Lipinski definition) is 2. The Labute approximate surface area is 195 Å². The first kappa shape index (κ1) is 25.1. The lowest BCUT2D eigenvalue weighted by Crippen LogP contribution is -2.30. The molecule has 2 N–H and O–H groups in total. The van der Waals surface area contributed by atoms with E-state index in [2.05, 4.69) is 32.2 Å². The predicted octanol–water partition coefficient (Wildman–Crippen LogP) is 4.14. The van der Waals surface area contributed by atoms with Crippen molar-refractivity contribution in [3.05, 3.63) is 53.3 Å². The Morgan fingerprint density at radius 2 is 2.00 bits per heavy atom. The molecular weight excluding hydrogens is 451 g/mol. The molecule has 1 aliphatic carbocycles. The number of nitrogens with one attached hydrogen (secondary N) is 2. The molecule has 2 amide bonds. The summed E-state index contributed by atoms with van der Waals surface area (Å²) in [4.78, 5) is 36.9. The second kappa shape index (κ2) is 10.2. The van der Waals surface area contributed by atoms with Crippen LogP contribution in [-0.4, -0.2) is 39.3 Å². The largest absolute Gasteiger partial charge is 0.469 e. The molecule has 2 aromatic heterocycles. The number of carbonyl (C=O) groups is 2. The van der Waals surface area contributed by atoms with E-state index in [1.165, 1.54) is 12.3 Å². The van der Waals surface area contributed by atoms with Gasteiger partial charge in [-0.15, -0.1) is 0 Å². The number of aromatic nitrogens is 3. The zero-order chi connectivity index (χ0) is 25.0. The van der Waals surface area contributed by atoms with Gasteiger partial charge in [0.2, 0.25) is 11.9 Å². The highest BCUT2D eigenvalue weighted by Gasteiger charge is 2.32. The van der Waals surface area contributed by atoms with Crippen molar-refractivity contribution in [1.82, 2.24) is 20.3 Å². The van der Waals surface area contributed by atoms with Crippen LogP contribution in [0.2, 0.25) is 0 Å². The number of pyridine rings is 1. The normalized spacial score (nSPS) is 14.6. The molecule has 0 bridgehead atoms. The van der Waals surface area contributed by atoms with Crippen LogP contribution in [0.5, 0.6) is 5.88 Å². The van der Waals surface area contributed by atoms with Gasteiger partial charge >= 0.3 is 5.92 Å². The standard InChI is InChI=1S/C23H26F3N5O3/c1-12(2)23(25,26)11-34-21-17(24)9-16(10-27-21)14(4)29-20(33)18-8-13(3)28-22(30-18)31-19(32)15-6-5-7-15/h8-10,14-15H,1,5-7,11H2,2-4H3,(H,29,33)(H,28,30,31,32). The van der Waals surface area contributed by atoms with Crippen LogP contribution in [0.25, 0.3) is 0 Å². The second-order valence-electron chi connectivity index (χ2n) is 8.36. The van der Waals surface area contributed by atoms with Gasteiger partial charge < -0.3 is 10.1 Å². The van der Waals surface area contributed by atoms with Crippen molar-refractivity contribution in [3.8, 4) is 5.88 Å². The molecule has 8 nitrogen and oxygen atoms in total. The fraction of sp³-hybridized carbons (Fsp3) is 0.435. The van der Waals surface area contributed by atoms with Crippen LogP contribution in [0.4, 0.5) is 19.1 Å². The quantitative estimate of drug-likeness (QED) is 0.526. The average molecular weight is 477 g/mol. The van der Waals surface area contributed by atoms with Gasteiger partial charge in [0, 0.05) is 17.8 Å². The van der Waals surface area contributed by atoms with Crippen LogP contribution in [-0.2, 0) is 4.79 Å². The first-order valence-electron chi connectivity index (χ1n) is 10.8. The van der Waals surface area contributed by atoms with Gasteiger partial charge in [0.1, 0.15) is 5.69 Å². The van der Waals surface area contributed by atoms with E-state index in [0.29, 0.717) is 5.69 Å². The lowest BCUT2D eigenvalue weighted by molar-refractivity contribution is -0.122. The summed E-state index contributed by atoms with van der Waals surface area (Å²) in [5.41, 5.74) is 0.386. The molecule has 1 atom stereocenters. The molecule has 0 spiro atoms. The van der Waals surface area contributed by atoms with E-state index in [-0.39, 0.29) is 29.0 Å². The maximum atomic E-state index is 14.3. The average Bonchev–Trinajstić information content (AvgIpc) is 2.70. The third kappa shape index (κ3) is 6.09. The van der Waals surface area contributed by atoms with E-state index < -0.39 is 41.7 Å². The first-order chi connectivity index (χ1) is 16.0. The van der Waals surface area contributed by atoms with Gasteiger partial charge in [-0.05, 0) is 56.9 Å². The highest BCUT2D eigenvalue weighted by Crippen LogP contribution is 2.27. The summed E-state index contributed by atoms with van der Waals surface area (Å²) in [6, 6.07) is 1.81. The maximum absolute atomic E-state index is 14.3. The summed E-state index contributed by atoms with van der Waals surface area (Å²) in [7, 11) is 0. The Bertz CT molecular complexity index is 1110. The van der Waals surface area contributed by atoms with Gasteiger partial charge in [-0.1, -0.05) is 13.0 Å².